The van der Waals surface area contributed by atoms with E-state index in [9.17, 15) is 4.79 Å². The zero-order chi connectivity index (χ0) is 16.2. The first-order chi connectivity index (χ1) is 11.1. The van der Waals surface area contributed by atoms with Crippen LogP contribution < -0.4 is 10.9 Å². The summed E-state index contributed by atoms with van der Waals surface area (Å²) in [5.41, 5.74) is 8.22. The lowest BCUT2D eigenvalue weighted by Gasteiger charge is -2.11. The molecule has 2 N–H and O–H groups in total. The van der Waals surface area contributed by atoms with Gasteiger partial charge in [0.15, 0.2) is 5.82 Å². The average molecular weight is 327 g/mol. The molecular formula is C17H15ClN4O. The molecule has 2 aromatic carbocycles. The molecule has 116 valence electrons. The number of aryl methyl sites for hydroxylation is 1. The van der Waals surface area contributed by atoms with Gasteiger partial charge in [-0.2, -0.15) is 4.98 Å². The standard InChI is InChI=1S/C17H15ClN4O/c1-11-7-8-14-13(9-11)16(20-17(18)19-14)22-21-15(23)10-12-5-3-2-4-6-12/h2-9H,10H2,1H3,(H,21,23)(H,19,20,22). The maximum absolute atomic E-state index is 12.0. The van der Waals surface area contributed by atoms with Gasteiger partial charge < -0.3 is 0 Å². The molecule has 0 aliphatic rings. The molecule has 3 aromatic rings. The van der Waals surface area contributed by atoms with Crippen LogP contribution in [0.1, 0.15) is 11.1 Å². The summed E-state index contributed by atoms with van der Waals surface area (Å²) in [6, 6.07) is 15.3. The maximum Gasteiger partial charge on any atom is 0.242 e. The summed E-state index contributed by atoms with van der Waals surface area (Å²) in [4.78, 5) is 20.3. The number of hydrazine groups is 1. The fraction of sp³-hybridized carbons (Fsp3) is 0.118. The van der Waals surface area contributed by atoms with Gasteiger partial charge in [-0.1, -0.05) is 42.0 Å². The van der Waals surface area contributed by atoms with Crippen molar-refractivity contribution in [2.75, 3.05) is 5.43 Å². The maximum atomic E-state index is 12.0. The molecule has 6 heteroatoms. The molecule has 0 spiro atoms. The van der Waals surface area contributed by atoms with Crippen LogP contribution in [0.5, 0.6) is 0 Å². The summed E-state index contributed by atoms with van der Waals surface area (Å²) in [5, 5.41) is 0.926. The number of nitrogens with zero attached hydrogens (tertiary/aromatic N) is 2. The monoisotopic (exact) mass is 326 g/mol. The van der Waals surface area contributed by atoms with Crippen molar-refractivity contribution in [1.29, 1.82) is 0 Å². The first kappa shape index (κ1) is 15.2. The predicted molar refractivity (Wildman–Crippen MR) is 91.2 cm³/mol. The minimum atomic E-state index is -0.160. The number of nitrogens with one attached hydrogen (secondary N) is 2. The largest absolute Gasteiger partial charge is 0.281 e. The van der Waals surface area contributed by atoms with Gasteiger partial charge in [0.1, 0.15) is 0 Å². The molecule has 0 bridgehead atoms. The molecular weight excluding hydrogens is 312 g/mol. The number of halogens is 1. The highest BCUT2D eigenvalue weighted by Crippen LogP contribution is 2.22. The van der Waals surface area contributed by atoms with Crippen LogP contribution in [0.3, 0.4) is 0 Å². The van der Waals surface area contributed by atoms with E-state index in [1.54, 1.807) is 0 Å². The number of fused-ring (bicyclic) bond motifs is 1. The molecule has 1 heterocycles. The van der Waals surface area contributed by atoms with E-state index in [1.165, 1.54) is 0 Å². The molecule has 0 saturated carbocycles. The van der Waals surface area contributed by atoms with E-state index < -0.39 is 0 Å². The Morgan fingerprint density at radius 1 is 1.13 bits per heavy atom. The van der Waals surface area contributed by atoms with Crippen molar-refractivity contribution in [2.45, 2.75) is 13.3 Å². The first-order valence-corrected chi connectivity index (χ1v) is 7.52. The summed E-state index contributed by atoms with van der Waals surface area (Å²) < 4.78 is 0. The topological polar surface area (TPSA) is 66.9 Å². The number of hydrogen-bond acceptors (Lipinski definition) is 4. The summed E-state index contributed by atoms with van der Waals surface area (Å²) in [6.07, 6.45) is 0.281. The summed E-state index contributed by atoms with van der Waals surface area (Å²) in [6.45, 7) is 1.98. The quantitative estimate of drug-likeness (QED) is 0.570. The number of rotatable bonds is 4. The number of carbonyl (C=O) groups excluding carboxylic acids is 1. The van der Waals surface area contributed by atoms with Crippen molar-refractivity contribution in [3.63, 3.8) is 0 Å². The highest BCUT2D eigenvalue weighted by Gasteiger charge is 2.08. The Morgan fingerprint density at radius 2 is 1.91 bits per heavy atom. The van der Waals surface area contributed by atoms with E-state index >= 15 is 0 Å². The van der Waals surface area contributed by atoms with Gasteiger partial charge in [-0.05, 0) is 36.2 Å². The second kappa shape index (κ2) is 6.62. The van der Waals surface area contributed by atoms with E-state index in [4.69, 9.17) is 11.6 Å². The van der Waals surface area contributed by atoms with Crippen LogP contribution in [0.25, 0.3) is 10.9 Å². The Morgan fingerprint density at radius 3 is 2.70 bits per heavy atom. The third-order valence-electron chi connectivity index (χ3n) is 3.35. The Labute approximate surface area is 138 Å². The molecule has 3 rings (SSSR count). The lowest BCUT2D eigenvalue weighted by Crippen LogP contribution is -2.31. The van der Waals surface area contributed by atoms with E-state index in [-0.39, 0.29) is 17.6 Å². The van der Waals surface area contributed by atoms with Crippen molar-refractivity contribution in [1.82, 2.24) is 15.4 Å². The third-order valence-corrected chi connectivity index (χ3v) is 3.52. The molecule has 0 saturated heterocycles. The number of hydrogen-bond donors (Lipinski definition) is 2. The van der Waals surface area contributed by atoms with Crippen molar-refractivity contribution in [3.8, 4) is 0 Å². The Kier molecular flexibility index (Phi) is 4.39. The highest BCUT2D eigenvalue weighted by atomic mass is 35.5. The molecule has 5 nitrogen and oxygen atoms in total. The summed E-state index contributed by atoms with van der Waals surface area (Å²) >= 11 is 5.93. The lowest BCUT2D eigenvalue weighted by atomic mass is 10.1. The van der Waals surface area contributed by atoms with E-state index in [0.29, 0.717) is 5.82 Å². The predicted octanol–water partition coefficient (Wildman–Crippen LogP) is 3.28. The summed E-state index contributed by atoms with van der Waals surface area (Å²) in [7, 11) is 0. The molecule has 1 amide bonds. The number of benzene rings is 2. The van der Waals surface area contributed by atoms with Gasteiger partial charge in [-0.3, -0.25) is 15.6 Å². The smallest absolute Gasteiger partial charge is 0.242 e. The Bertz CT molecular complexity index is 852. The molecule has 0 radical (unpaired) electrons. The second-order valence-electron chi connectivity index (χ2n) is 5.20. The minimum absolute atomic E-state index is 0.126. The molecule has 0 atom stereocenters. The molecule has 0 aliphatic heterocycles. The van der Waals surface area contributed by atoms with E-state index in [1.807, 2.05) is 55.5 Å². The molecule has 1 aromatic heterocycles. The number of aromatic nitrogens is 2. The second-order valence-corrected chi connectivity index (χ2v) is 5.54. The fourth-order valence-electron chi connectivity index (χ4n) is 2.26. The first-order valence-electron chi connectivity index (χ1n) is 7.14. The SMILES string of the molecule is Cc1ccc2nc(Cl)nc(NNC(=O)Cc3ccccc3)c2c1. The van der Waals surface area contributed by atoms with Crippen molar-refractivity contribution in [2.24, 2.45) is 0 Å². The Balaban J connectivity index is 1.76. The number of anilines is 1. The fourth-order valence-corrected chi connectivity index (χ4v) is 2.44. The van der Waals surface area contributed by atoms with Crippen LogP contribution in [0.15, 0.2) is 48.5 Å². The lowest BCUT2D eigenvalue weighted by molar-refractivity contribution is -0.119. The minimum Gasteiger partial charge on any atom is -0.281 e. The van der Waals surface area contributed by atoms with E-state index in [2.05, 4.69) is 20.8 Å². The molecule has 23 heavy (non-hydrogen) atoms. The van der Waals surface area contributed by atoms with Crippen LogP contribution in [0.4, 0.5) is 5.82 Å². The van der Waals surface area contributed by atoms with Crippen LogP contribution in [0.2, 0.25) is 5.28 Å². The van der Waals surface area contributed by atoms with Crippen LogP contribution in [0, 0.1) is 6.92 Å². The van der Waals surface area contributed by atoms with Gasteiger partial charge >= 0.3 is 0 Å². The van der Waals surface area contributed by atoms with Crippen molar-refractivity contribution >= 4 is 34.2 Å². The number of carbonyl (C=O) groups is 1. The summed E-state index contributed by atoms with van der Waals surface area (Å²) in [5.74, 6) is 0.317. The third kappa shape index (κ3) is 3.76. The van der Waals surface area contributed by atoms with Gasteiger partial charge in [-0.25, -0.2) is 4.98 Å². The normalized spacial score (nSPS) is 10.5. The van der Waals surface area contributed by atoms with Crippen LogP contribution in [-0.4, -0.2) is 15.9 Å². The van der Waals surface area contributed by atoms with Gasteiger partial charge in [0.25, 0.3) is 0 Å². The highest BCUT2D eigenvalue weighted by molar-refractivity contribution is 6.28. The van der Waals surface area contributed by atoms with Crippen molar-refractivity contribution < 1.29 is 4.79 Å². The van der Waals surface area contributed by atoms with Crippen molar-refractivity contribution in [3.05, 3.63) is 64.9 Å². The van der Waals surface area contributed by atoms with Gasteiger partial charge in [0, 0.05) is 5.39 Å². The average Bonchev–Trinajstić information content (AvgIpc) is 2.54. The van der Waals surface area contributed by atoms with Gasteiger partial charge in [0.2, 0.25) is 11.2 Å². The zero-order valence-electron chi connectivity index (χ0n) is 12.5. The Hall–Kier alpha value is -2.66. The molecule has 0 unspecified atom stereocenters. The number of amides is 1. The van der Waals surface area contributed by atoms with Gasteiger partial charge in [0.05, 0.1) is 11.9 Å². The van der Waals surface area contributed by atoms with Gasteiger partial charge in [-0.15, -0.1) is 0 Å². The zero-order valence-corrected chi connectivity index (χ0v) is 13.3. The molecule has 0 aliphatic carbocycles. The molecule has 0 fully saturated rings. The van der Waals surface area contributed by atoms with Crippen LogP contribution >= 0.6 is 11.6 Å². The van der Waals surface area contributed by atoms with E-state index in [0.717, 1.165) is 22.0 Å². The van der Waals surface area contributed by atoms with Crippen LogP contribution in [-0.2, 0) is 11.2 Å².